The van der Waals surface area contributed by atoms with E-state index in [1.165, 1.54) is 17.8 Å². The fraction of sp³-hybridized carbons (Fsp3) is 0.208. The quantitative estimate of drug-likeness (QED) is 0.470. The SMILES string of the molecule is Cc1ccc(C(CC(=O)O)NC(=O)Nc2c(O)c(C)cn(C)c2=O)cc1-c1ccccc1. The third-order valence-electron chi connectivity index (χ3n) is 5.20. The van der Waals surface area contributed by atoms with Gasteiger partial charge in [-0.3, -0.25) is 9.59 Å². The van der Waals surface area contributed by atoms with Crippen LogP contribution in [0.2, 0.25) is 0 Å². The summed E-state index contributed by atoms with van der Waals surface area (Å²) in [4.78, 5) is 36.4. The number of anilines is 1. The first kappa shape index (κ1) is 22.6. The molecule has 1 unspecified atom stereocenters. The number of urea groups is 1. The second kappa shape index (κ2) is 9.38. The number of carbonyl (C=O) groups is 2. The van der Waals surface area contributed by atoms with E-state index in [4.69, 9.17) is 0 Å². The van der Waals surface area contributed by atoms with Crippen molar-refractivity contribution in [2.24, 2.45) is 7.05 Å². The lowest BCUT2D eigenvalue weighted by Gasteiger charge is -2.20. The second-order valence-electron chi connectivity index (χ2n) is 7.64. The number of aromatic nitrogens is 1. The van der Waals surface area contributed by atoms with Crippen molar-refractivity contribution in [3.05, 3.63) is 81.8 Å². The summed E-state index contributed by atoms with van der Waals surface area (Å²) in [6, 6.07) is 13.5. The molecule has 0 saturated carbocycles. The Morgan fingerprint density at radius 3 is 2.41 bits per heavy atom. The molecule has 0 fully saturated rings. The van der Waals surface area contributed by atoms with Gasteiger partial charge in [0.15, 0.2) is 5.69 Å². The van der Waals surface area contributed by atoms with Crippen molar-refractivity contribution in [3.8, 4) is 16.9 Å². The summed E-state index contributed by atoms with van der Waals surface area (Å²) in [6.45, 7) is 3.55. The van der Waals surface area contributed by atoms with Gasteiger partial charge in [0.25, 0.3) is 5.56 Å². The highest BCUT2D eigenvalue weighted by atomic mass is 16.4. The van der Waals surface area contributed by atoms with Gasteiger partial charge < -0.3 is 25.4 Å². The Morgan fingerprint density at radius 1 is 1.06 bits per heavy atom. The molecule has 3 rings (SSSR count). The third-order valence-corrected chi connectivity index (χ3v) is 5.20. The third kappa shape index (κ3) is 4.97. The van der Waals surface area contributed by atoms with E-state index in [2.05, 4.69) is 10.6 Å². The highest BCUT2D eigenvalue weighted by Crippen LogP contribution is 2.28. The fourth-order valence-corrected chi connectivity index (χ4v) is 3.52. The number of benzene rings is 2. The lowest BCUT2D eigenvalue weighted by molar-refractivity contribution is -0.137. The largest absolute Gasteiger partial charge is 0.505 e. The topological polar surface area (TPSA) is 121 Å². The zero-order chi connectivity index (χ0) is 23.4. The van der Waals surface area contributed by atoms with Gasteiger partial charge in [-0.05, 0) is 42.2 Å². The van der Waals surface area contributed by atoms with Crippen molar-refractivity contribution in [1.29, 1.82) is 0 Å². The summed E-state index contributed by atoms with van der Waals surface area (Å²) in [7, 11) is 1.50. The van der Waals surface area contributed by atoms with Crippen LogP contribution >= 0.6 is 0 Å². The van der Waals surface area contributed by atoms with Gasteiger partial charge in [0.2, 0.25) is 0 Å². The van der Waals surface area contributed by atoms with Crippen molar-refractivity contribution in [2.75, 3.05) is 5.32 Å². The maximum absolute atomic E-state index is 12.7. The molecule has 3 aromatic rings. The second-order valence-corrected chi connectivity index (χ2v) is 7.64. The number of nitrogens with zero attached hydrogens (tertiary/aromatic N) is 1. The molecule has 0 aliphatic rings. The Bertz CT molecular complexity index is 1220. The van der Waals surface area contributed by atoms with Gasteiger partial charge in [-0.2, -0.15) is 0 Å². The van der Waals surface area contributed by atoms with E-state index in [1.54, 1.807) is 13.0 Å². The van der Waals surface area contributed by atoms with Crippen LogP contribution < -0.4 is 16.2 Å². The molecule has 32 heavy (non-hydrogen) atoms. The van der Waals surface area contributed by atoms with Crippen molar-refractivity contribution >= 4 is 17.7 Å². The molecule has 1 atom stereocenters. The zero-order valence-electron chi connectivity index (χ0n) is 18.0. The van der Waals surface area contributed by atoms with Crippen LogP contribution in [0, 0.1) is 13.8 Å². The standard InChI is InChI=1S/C24H25N3O5/c1-14-9-10-17(11-18(14)16-7-5-4-6-8-16)19(12-20(28)29)25-24(32)26-21-22(30)15(2)13-27(3)23(21)31/h4-11,13,19,30H,12H2,1-3H3,(H,28,29)(H2,25,26,32). The molecule has 0 radical (unpaired) electrons. The number of pyridine rings is 1. The lowest BCUT2D eigenvalue weighted by atomic mass is 9.94. The van der Waals surface area contributed by atoms with Gasteiger partial charge in [0.05, 0.1) is 12.5 Å². The molecule has 8 nitrogen and oxygen atoms in total. The summed E-state index contributed by atoms with van der Waals surface area (Å²) < 4.78 is 1.24. The summed E-state index contributed by atoms with van der Waals surface area (Å²) in [5, 5.41) is 24.6. The van der Waals surface area contributed by atoms with E-state index in [-0.39, 0.29) is 17.9 Å². The van der Waals surface area contributed by atoms with Crippen molar-refractivity contribution in [2.45, 2.75) is 26.3 Å². The maximum Gasteiger partial charge on any atom is 0.319 e. The Kier molecular flexibility index (Phi) is 6.63. The van der Waals surface area contributed by atoms with Crippen LogP contribution in [0.4, 0.5) is 10.5 Å². The van der Waals surface area contributed by atoms with Gasteiger partial charge in [0, 0.05) is 18.8 Å². The van der Waals surface area contributed by atoms with Crippen LogP contribution in [0.15, 0.2) is 59.5 Å². The highest BCUT2D eigenvalue weighted by Gasteiger charge is 2.21. The summed E-state index contributed by atoms with van der Waals surface area (Å²) in [6.07, 6.45) is 1.09. The van der Waals surface area contributed by atoms with E-state index < -0.39 is 23.6 Å². The number of carboxylic acid groups (broad SMARTS) is 1. The van der Waals surface area contributed by atoms with Gasteiger partial charge in [-0.15, -0.1) is 0 Å². The molecular formula is C24H25N3O5. The molecule has 4 N–H and O–H groups in total. The van der Waals surface area contributed by atoms with Crippen molar-refractivity contribution < 1.29 is 19.8 Å². The smallest absolute Gasteiger partial charge is 0.319 e. The first-order valence-corrected chi connectivity index (χ1v) is 10.0. The summed E-state index contributed by atoms with van der Waals surface area (Å²) in [5.74, 6) is -1.42. The number of aliphatic carboxylic acids is 1. The van der Waals surface area contributed by atoms with Crippen LogP contribution in [0.3, 0.4) is 0 Å². The molecular weight excluding hydrogens is 410 g/mol. The number of amides is 2. The van der Waals surface area contributed by atoms with E-state index in [0.717, 1.165) is 16.7 Å². The van der Waals surface area contributed by atoms with Crippen LogP contribution in [-0.4, -0.2) is 26.8 Å². The number of carbonyl (C=O) groups excluding carboxylic acids is 1. The molecule has 0 aliphatic carbocycles. The number of hydrogen-bond donors (Lipinski definition) is 4. The first-order valence-electron chi connectivity index (χ1n) is 10.0. The zero-order valence-corrected chi connectivity index (χ0v) is 18.0. The Morgan fingerprint density at radius 2 is 1.75 bits per heavy atom. The number of aryl methyl sites for hydroxylation is 3. The average molecular weight is 435 g/mol. The summed E-state index contributed by atoms with van der Waals surface area (Å²) in [5.41, 5.74) is 3.06. The molecule has 0 spiro atoms. The normalized spacial score (nSPS) is 11.6. The molecule has 2 amide bonds. The van der Waals surface area contributed by atoms with Crippen LogP contribution in [0.1, 0.15) is 29.2 Å². The monoisotopic (exact) mass is 435 g/mol. The highest BCUT2D eigenvalue weighted by molar-refractivity contribution is 5.91. The molecule has 0 bridgehead atoms. The van der Waals surface area contributed by atoms with Gasteiger partial charge >= 0.3 is 12.0 Å². The number of aromatic hydroxyl groups is 1. The lowest BCUT2D eigenvalue weighted by Crippen LogP contribution is -2.36. The Hall–Kier alpha value is -4.07. The van der Waals surface area contributed by atoms with Gasteiger partial charge in [0.1, 0.15) is 5.75 Å². The molecule has 166 valence electrons. The van der Waals surface area contributed by atoms with Crippen molar-refractivity contribution in [1.82, 2.24) is 9.88 Å². The molecule has 8 heteroatoms. The number of carboxylic acids is 1. The number of hydrogen-bond acceptors (Lipinski definition) is 4. The minimum atomic E-state index is -1.09. The molecule has 0 aliphatic heterocycles. The minimum Gasteiger partial charge on any atom is -0.505 e. The number of nitrogens with one attached hydrogen (secondary N) is 2. The predicted molar refractivity (Wildman–Crippen MR) is 122 cm³/mol. The first-order chi connectivity index (χ1) is 15.2. The van der Waals surface area contributed by atoms with E-state index >= 15 is 0 Å². The molecule has 0 saturated heterocycles. The number of rotatable bonds is 6. The predicted octanol–water partition coefficient (Wildman–Crippen LogP) is 3.71. The Labute approximate surface area is 185 Å². The van der Waals surface area contributed by atoms with Crippen LogP contribution in [0.25, 0.3) is 11.1 Å². The summed E-state index contributed by atoms with van der Waals surface area (Å²) >= 11 is 0. The minimum absolute atomic E-state index is 0.270. The van der Waals surface area contributed by atoms with Crippen LogP contribution in [-0.2, 0) is 11.8 Å². The van der Waals surface area contributed by atoms with Gasteiger partial charge in [-0.25, -0.2) is 4.79 Å². The van der Waals surface area contributed by atoms with Crippen molar-refractivity contribution in [3.63, 3.8) is 0 Å². The average Bonchev–Trinajstić information content (AvgIpc) is 2.75. The van der Waals surface area contributed by atoms with E-state index in [0.29, 0.717) is 11.1 Å². The fourth-order valence-electron chi connectivity index (χ4n) is 3.52. The van der Waals surface area contributed by atoms with E-state index in [9.17, 15) is 24.6 Å². The Balaban J connectivity index is 1.91. The maximum atomic E-state index is 12.7. The molecule has 1 aromatic heterocycles. The van der Waals surface area contributed by atoms with E-state index in [1.807, 2.05) is 49.4 Å². The van der Waals surface area contributed by atoms with Crippen LogP contribution in [0.5, 0.6) is 5.75 Å². The molecule has 2 aromatic carbocycles. The molecule has 1 heterocycles. The van der Waals surface area contributed by atoms with Gasteiger partial charge in [-0.1, -0.05) is 42.5 Å².